The van der Waals surface area contributed by atoms with Gasteiger partial charge in [-0.3, -0.25) is 4.79 Å². The van der Waals surface area contributed by atoms with Crippen molar-refractivity contribution in [3.05, 3.63) is 60.2 Å². The van der Waals surface area contributed by atoms with E-state index in [1.807, 2.05) is 6.21 Å². The Bertz CT molecular complexity index is 1060. The van der Waals surface area contributed by atoms with E-state index in [-0.39, 0.29) is 11.3 Å². The van der Waals surface area contributed by atoms with Gasteiger partial charge in [-0.2, -0.15) is 5.10 Å². The molecule has 3 heteroatoms. The minimum Gasteiger partial charge on any atom is -0.273 e. The van der Waals surface area contributed by atoms with E-state index in [1.165, 1.54) is 40.8 Å². The number of carbonyl (C=O) groups is 1. The first-order valence-electron chi connectivity index (χ1n) is 10.9. The number of fused-ring (bicyclic) bond motifs is 2. The van der Waals surface area contributed by atoms with Crippen LogP contribution in [-0.2, 0) is 4.79 Å². The number of benzene rings is 3. The molecule has 3 aromatic carbocycles. The van der Waals surface area contributed by atoms with E-state index < -0.39 is 0 Å². The smallest absolute Gasteiger partial charge is 0.246 e. The fourth-order valence-electron chi connectivity index (χ4n) is 6.85. The van der Waals surface area contributed by atoms with Gasteiger partial charge in [0.25, 0.3) is 0 Å². The summed E-state index contributed by atoms with van der Waals surface area (Å²) in [4.78, 5) is 13.2. The maximum absolute atomic E-state index is 13.2. The van der Waals surface area contributed by atoms with Crippen molar-refractivity contribution in [2.75, 3.05) is 0 Å². The molecule has 4 fully saturated rings. The highest BCUT2D eigenvalue weighted by atomic mass is 16.2. The molecule has 1 amide bonds. The highest BCUT2D eigenvalue weighted by Crippen LogP contribution is 2.60. The van der Waals surface area contributed by atoms with Crippen molar-refractivity contribution < 1.29 is 4.79 Å². The summed E-state index contributed by atoms with van der Waals surface area (Å²) in [6, 6.07) is 19.0. The number of rotatable bonds is 3. The van der Waals surface area contributed by atoms with E-state index in [1.54, 1.807) is 0 Å². The van der Waals surface area contributed by atoms with Crippen molar-refractivity contribution in [2.24, 2.45) is 28.3 Å². The predicted molar refractivity (Wildman–Crippen MR) is 118 cm³/mol. The van der Waals surface area contributed by atoms with Gasteiger partial charge in [-0.25, -0.2) is 5.43 Å². The van der Waals surface area contributed by atoms with Crippen LogP contribution in [0.4, 0.5) is 0 Å². The third-order valence-electron chi connectivity index (χ3n) is 7.69. The average molecular weight is 383 g/mol. The zero-order valence-electron chi connectivity index (χ0n) is 16.6. The SMILES string of the molecule is O=C(N/N=C\c1c2ccccc2cc2ccccc12)C12CC3CC(CC(C3)C1)C2. The molecule has 0 radical (unpaired) electrons. The summed E-state index contributed by atoms with van der Waals surface area (Å²) in [6.45, 7) is 0. The third kappa shape index (κ3) is 2.78. The van der Waals surface area contributed by atoms with Gasteiger partial charge in [0.2, 0.25) is 5.91 Å². The molecule has 3 aromatic rings. The van der Waals surface area contributed by atoms with Gasteiger partial charge >= 0.3 is 0 Å². The molecule has 0 aromatic heterocycles. The van der Waals surface area contributed by atoms with E-state index >= 15 is 0 Å². The highest BCUT2D eigenvalue weighted by molar-refractivity contribution is 6.13. The topological polar surface area (TPSA) is 41.5 Å². The number of nitrogens with one attached hydrogen (secondary N) is 1. The highest BCUT2D eigenvalue weighted by Gasteiger charge is 2.54. The summed E-state index contributed by atoms with van der Waals surface area (Å²) in [5.74, 6) is 2.44. The van der Waals surface area contributed by atoms with Gasteiger partial charge in [-0.1, -0.05) is 48.5 Å². The lowest BCUT2D eigenvalue weighted by molar-refractivity contribution is -0.146. The van der Waals surface area contributed by atoms with Crippen molar-refractivity contribution in [1.82, 2.24) is 5.43 Å². The van der Waals surface area contributed by atoms with Gasteiger partial charge < -0.3 is 0 Å². The van der Waals surface area contributed by atoms with Crippen molar-refractivity contribution in [1.29, 1.82) is 0 Å². The normalized spacial score (nSPS) is 30.4. The van der Waals surface area contributed by atoms with E-state index in [9.17, 15) is 4.79 Å². The molecule has 4 saturated carbocycles. The van der Waals surface area contributed by atoms with Gasteiger partial charge in [0.1, 0.15) is 0 Å². The standard InChI is InChI=1S/C26H26N2O/c29-25(26-13-17-9-18(14-26)11-19(10-17)15-26)28-27-16-24-22-7-3-1-5-20(22)12-21-6-2-4-8-23(21)24/h1-8,12,16-19H,9-11,13-15H2,(H,28,29)/b27-16-. The molecule has 0 atom stereocenters. The number of hydrazone groups is 1. The number of carbonyl (C=O) groups excluding carboxylic acids is 1. The van der Waals surface area contributed by atoms with Crippen LogP contribution in [0.25, 0.3) is 21.5 Å². The first-order valence-corrected chi connectivity index (χ1v) is 10.9. The lowest BCUT2D eigenvalue weighted by Gasteiger charge is -2.55. The van der Waals surface area contributed by atoms with Gasteiger partial charge in [-0.15, -0.1) is 0 Å². The molecule has 1 N–H and O–H groups in total. The molecule has 146 valence electrons. The Hall–Kier alpha value is -2.68. The Labute approximate surface area is 171 Å². The number of nitrogens with zero attached hydrogens (tertiary/aromatic N) is 1. The second-order valence-electron chi connectivity index (χ2n) is 9.63. The van der Waals surface area contributed by atoms with Crippen LogP contribution in [-0.4, -0.2) is 12.1 Å². The summed E-state index contributed by atoms with van der Waals surface area (Å²) in [6.07, 6.45) is 9.09. The van der Waals surface area contributed by atoms with Crippen molar-refractivity contribution in [3.8, 4) is 0 Å². The zero-order valence-corrected chi connectivity index (χ0v) is 16.6. The molecule has 3 nitrogen and oxygen atoms in total. The van der Waals surface area contributed by atoms with Crippen molar-refractivity contribution >= 4 is 33.7 Å². The molecular formula is C26H26N2O. The van der Waals surface area contributed by atoms with Crippen LogP contribution >= 0.6 is 0 Å². The maximum atomic E-state index is 13.2. The molecule has 0 spiro atoms. The monoisotopic (exact) mass is 382 g/mol. The molecule has 7 rings (SSSR count). The summed E-state index contributed by atoms with van der Waals surface area (Å²) in [7, 11) is 0. The molecule has 29 heavy (non-hydrogen) atoms. The summed E-state index contributed by atoms with van der Waals surface area (Å²) < 4.78 is 0. The summed E-state index contributed by atoms with van der Waals surface area (Å²) in [5.41, 5.74) is 3.86. The number of amides is 1. The van der Waals surface area contributed by atoms with E-state index in [4.69, 9.17) is 0 Å². The molecule has 4 aliphatic carbocycles. The van der Waals surface area contributed by atoms with Gasteiger partial charge in [0.05, 0.1) is 11.6 Å². The Morgan fingerprint density at radius 3 is 1.93 bits per heavy atom. The first kappa shape index (κ1) is 17.2. The van der Waals surface area contributed by atoms with Crippen LogP contribution in [0.1, 0.15) is 44.1 Å². The number of hydrogen-bond acceptors (Lipinski definition) is 2. The second kappa shape index (κ2) is 6.41. The molecule has 0 heterocycles. The van der Waals surface area contributed by atoms with Crippen LogP contribution in [0.2, 0.25) is 0 Å². The fourth-order valence-corrected chi connectivity index (χ4v) is 6.85. The summed E-state index contributed by atoms with van der Waals surface area (Å²) in [5, 5.41) is 9.19. The quantitative estimate of drug-likeness (QED) is 0.354. The Kier molecular flexibility index (Phi) is 3.80. The lowest BCUT2D eigenvalue weighted by Crippen LogP contribution is -2.52. The van der Waals surface area contributed by atoms with Gasteiger partial charge in [0, 0.05) is 5.56 Å². The minimum atomic E-state index is -0.160. The molecular weight excluding hydrogens is 356 g/mol. The Morgan fingerprint density at radius 1 is 0.862 bits per heavy atom. The largest absolute Gasteiger partial charge is 0.273 e. The van der Waals surface area contributed by atoms with Crippen molar-refractivity contribution in [3.63, 3.8) is 0 Å². The zero-order chi connectivity index (χ0) is 19.4. The van der Waals surface area contributed by atoms with Crippen LogP contribution in [0.15, 0.2) is 59.7 Å². The Balaban J connectivity index is 1.32. The van der Waals surface area contributed by atoms with Gasteiger partial charge in [0.15, 0.2) is 0 Å². The predicted octanol–water partition coefficient (Wildman–Crippen LogP) is 5.66. The minimum absolute atomic E-state index is 0.150. The van der Waals surface area contributed by atoms with Crippen LogP contribution in [0.5, 0.6) is 0 Å². The van der Waals surface area contributed by atoms with Gasteiger partial charge in [-0.05, 0) is 83.9 Å². The molecule has 4 bridgehead atoms. The fraction of sp³-hybridized carbons (Fsp3) is 0.385. The van der Waals surface area contributed by atoms with Crippen LogP contribution in [0.3, 0.4) is 0 Å². The first-order chi connectivity index (χ1) is 14.2. The molecule has 0 aliphatic heterocycles. The molecule has 4 aliphatic rings. The van der Waals surface area contributed by atoms with E-state index in [0.717, 1.165) is 42.6 Å². The second-order valence-corrected chi connectivity index (χ2v) is 9.63. The number of hydrogen-bond donors (Lipinski definition) is 1. The summed E-state index contributed by atoms with van der Waals surface area (Å²) >= 11 is 0. The average Bonchev–Trinajstić information content (AvgIpc) is 2.72. The molecule has 0 unspecified atom stereocenters. The lowest BCUT2D eigenvalue weighted by atomic mass is 9.49. The van der Waals surface area contributed by atoms with Crippen LogP contribution in [0, 0.1) is 23.2 Å². The van der Waals surface area contributed by atoms with Crippen molar-refractivity contribution in [2.45, 2.75) is 38.5 Å². The maximum Gasteiger partial charge on any atom is 0.246 e. The van der Waals surface area contributed by atoms with Crippen LogP contribution < -0.4 is 5.43 Å². The van der Waals surface area contributed by atoms with E-state index in [2.05, 4.69) is 65.1 Å². The molecule has 0 saturated heterocycles. The Morgan fingerprint density at radius 2 is 1.38 bits per heavy atom. The third-order valence-corrected chi connectivity index (χ3v) is 7.69. The van der Waals surface area contributed by atoms with E-state index in [0.29, 0.717) is 0 Å².